The van der Waals surface area contributed by atoms with Crippen LogP contribution in [0.5, 0.6) is 0 Å². The second-order valence-corrected chi connectivity index (χ2v) is 6.21. The lowest BCUT2D eigenvalue weighted by atomic mass is 10.4. The van der Waals surface area contributed by atoms with Crippen LogP contribution in [0, 0.1) is 0 Å². The molecule has 120 valence electrons. The number of hydrogen-bond acceptors (Lipinski definition) is 8. The average molecular weight is 322 g/mol. The first kappa shape index (κ1) is 19.3. The summed E-state index contributed by atoms with van der Waals surface area (Å²) in [4.78, 5) is 21.5. The van der Waals surface area contributed by atoms with Gasteiger partial charge in [-0.25, -0.2) is 18.0 Å². The molecule has 9 heteroatoms. The highest BCUT2D eigenvalue weighted by Crippen LogP contribution is 2.01. The van der Waals surface area contributed by atoms with E-state index >= 15 is 0 Å². The molecule has 0 bridgehead atoms. The topological polar surface area (TPSA) is 127 Å². The molecule has 8 nitrogen and oxygen atoms in total. The summed E-state index contributed by atoms with van der Waals surface area (Å²) in [5, 5.41) is 18.9. The van der Waals surface area contributed by atoms with E-state index in [2.05, 4.69) is 22.6 Å². The first-order chi connectivity index (χ1) is 9.70. The molecular weight excluding hydrogens is 304 g/mol. The number of esters is 2. The van der Waals surface area contributed by atoms with Crippen molar-refractivity contribution in [2.24, 2.45) is 0 Å². The first-order valence-corrected chi connectivity index (χ1v) is 7.67. The molecule has 0 saturated heterocycles. The molecular formula is C12H18O8S. The second-order valence-electron chi connectivity index (χ2n) is 4.05. The number of ether oxygens (including phenoxy) is 2. The van der Waals surface area contributed by atoms with E-state index in [0.29, 0.717) is 0 Å². The van der Waals surface area contributed by atoms with Gasteiger partial charge in [-0.15, -0.1) is 0 Å². The Morgan fingerprint density at radius 1 is 0.952 bits per heavy atom. The van der Waals surface area contributed by atoms with Crippen molar-refractivity contribution < 1.29 is 37.7 Å². The van der Waals surface area contributed by atoms with Gasteiger partial charge >= 0.3 is 11.9 Å². The Hall–Kier alpha value is -1.71. The predicted molar refractivity (Wildman–Crippen MR) is 73.0 cm³/mol. The fourth-order valence-corrected chi connectivity index (χ4v) is 2.73. The Labute approximate surface area is 122 Å². The standard InChI is InChI=1S/C12H18O8S/c1-3-11(15)19-5-9(13)7-21(17,18)8-10(14)6-20-12(16)4-2/h3-4,9-10,13-14H,1-2,5-8H2. The summed E-state index contributed by atoms with van der Waals surface area (Å²) in [7, 11) is -3.82. The zero-order chi connectivity index (χ0) is 16.5. The van der Waals surface area contributed by atoms with E-state index in [1.807, 2.05) is 0 Å². The number of aliphatic hydroxyl groups is 2. The maximum Gasteiger partial charge on any atom is 0.330 e. The molecule has 0 aromatic rings. The van der Waals surface area contributed by atoms with Crippen molar-refractivity contribution >= 4 is 21.8 Å². The molecule has 0 heterocycles. The van der Waals surface area contributed by atoms with Crippen LogP contribution < -0.4 is 0 Å². The van der Waals surface area contributed by atoms with Crippen molar-refractivity contribution in [2.45, 2.75) is 12.2 Å². The van der Waals surface area contributed by atoms with Crippen molar-refractivity contribution in [3.05, 3.63) is 25.3 Å². The van der Waals surface area contributed by atoms with E-state index in [1.54, 1.807) is 0 Å². The molecule has 0 aromatic carbocycles. The van der Waals surface area contributed by atoms with Crippen molar-refractivity contribution in [1.29, 1.82) is 0 Å². The lowest BCUT2D eigenvalue weighted by Crippen LogP contribution is -2.33. The van der Waals surface area contributed by atoms with Gasteiger partial charge < -0.3 is 19.7 Å². The monoisotopic (exact) mass is 322 g/mol. The highest BCUT2D eigenvalue weighted by atomic mass is 32.2. The molecule has 0 spiro atoms. The molecule has 0 amide bonds. The van der Waals surface area contributed by atoms with Crippen LogP contribution in [0.15, 0.2) is 25.3 Å². The fraction of sp³-hybridized carbons (Fsp3) is 0.500. The van der Waals surface area contributed by atoms with Gasteiger partial charge in [-0.2, -0.15) is 0 Å². The molecule has 2 atom stereocenters. The fourth-order valence-electron chi connectivity index (χ4n) is 1.23. The smallest absolute Gasteiger partial charge is 0.330 e. The van der Waals surface area contributed by atoms with Gasteiger partial charge in [0.1, 0.15) is 25.4 Å². The molecule has 0 fully saturated rings. The van der Waals surface area contributed by atoms with Gasteiger partial charge in [-0.3, -0.25) is 0 Å². The number of sulfone groups is 1. The van der Waals surface area contributed by atoms with Crippen molar-refractivity contribution in [3.63, 3.8) is 0 Å². The number of hydrogen-bond donors (Lipinski definition) is 2. The quantitative estimate of drug-likeness (QED) is 0.371. The minimum atomic E-state index is -3.82. The molecule has 0 aliphatic carbocycles. The SMILES string of the molecule is C=CC(=O)OCC(O)CS(=O)(=O)CC(O)COC(=O)C=C. The Morgan fingerprint density at radius 3 is 1.57 bits per heavy atom. The van der Waals surface area contributed by atoms with Crippen LogP contribution in [0.2, 0.25) is 0 Å². The molecule has 0 rings (SSSR count). The minimum absolute atomic E-state index is 0.508. The normalized spacial score (nSPS) is 13.8. The molecule has 2 unspecified atom stereocenters. The maximum absolute atomic E-state index is 11.6. The van der Waals surface area contributed by atoms with E-state index in [1.165, 1.54) is 0 Å². The lowest BCUT2D eigenvalue weighted by molar-refractivity contribution is -0.140. The van der Waals surface area contributed by atoms with E-state index in [0.717, 1.165) is 12.2 Å². The van der Waals surface area contributed by atoms with Crippen LogP contribution in [-0.4, -0.2) is 67.5 Å². The average Bonchev–Trinajstić information content (AvgIpc) is 2.40. The second kappa shape index (κ2) is 9.27. The van der Waals surface area contributed by atoms with Crippen molar-refractivity contribution in [1.82, 2.24) is 0 Å². The van der Waals surface area contributed by atoms with Gasteiger partial charge in [0.25, 0.3) is 0 Å². The van der Waals surface area contributed by atoms with Gasteiger partial charge in [0, 0.05) is 12.2 Å². The number of carbonyl (C=O) groups is 2. The summed E-state index contributed by atoms with van der Waals surface area (Å²) in [5.74, 6) is -2.99. The molecule has 2 N–H and O–H groups in total. The zero-order valence-corrected chi connectivity index (χ0v) is 12.1. The van der Waals surface area contributed by atoms with Gasteiger partial charge in [0.2, 0.25) is 0 Å². The Balaban J connectivity index is 4.23. The van der Waals surface area contributed by atoms with Crippen LogP contribution in [0.3, 0.4) is 0 Å². The van der Waals surface area contributed by atoms with E-state index in [4.69, 9.17) is 0 Å². The van der Waals surface area contributed by atoms with Crippen LogP contribution >= 0.6 is 0 Å². The van der Waals surface area contributed by atoms with Crippen LogP contribution in [0.1, 0.15) is 0 Å². The Bertz CT molecular complexity index is 443. The number of aliphatic hydroxyl groups excluding tert-OH is 2. The van der Waals surface area contributed by atoms with E-state index < -0.39 is 58.7 Å². The summed E-state index contributed by atoms with van der Waals surface area (Å²) < 4.78 is 32.2. The van der Waals surface area contributed by atoms with Crippen molar-refractivity contribution in [2.75, 3.05) is 24.7 Å². The molecule has 0 radical (unpaired) electrons. The molecule has 0 aliphatic heterocycles. The highest BCUT2D eigenvalue weighted by molar-refractivity contribution is 7.91. The van der Waals surface area contributed by atoms with Crippen LogP contribution in [0.4, 0.5) is 0 Å². The predicted octanol–water partition coefficient (Wildman–Crippen LogP) is -1.42. The third kappa shape index (κ3) is 9.77. The summed E-state index contributed by atoms with van der Waals surface area (Å²) in [6, 6.07) is 0. The van der Waals surface area contributed by atoms with E-state index in [9.17, 15) is 28.2 Å². The zero-order valence-electron chi connectivity index (χ0n) is 11.3. The van der Waals surface area contributed by atoms with Crippen LogP contribution in [0.25, 0.3) is 0 Å². The largest absolute Gasteiger partial charge is 0.460 e. The number of carbonyl (C=O) groups excluding carboxylic acids is 2. The molecule has 0 aliphatic rings. The Morgan fingerprint density at radius 2 is 1.29 bits per heavy atom. The van der Waals surface area contributed by atoms with Gasteiger partial charge in [0.15, 0.2) is 9.84 Å². The lowest BCUT2D eigenvalue weighted by Gasteiger charge is -2.14. The summed E-state index contributed by atoms with van der Waals surface area (Å²) in [5.41, 5.74) is 0. The summed E-state index contributed by atoms with van der Waals surface area (Å²) in [6.45, 7) is 5.26. The van der Waals surface area contributed by atoms with Gasteiger partial charge in [0.05, 0.1) is 11.5 Å². The highest BCUT2D eigenvalue weighted by Gasteiger charge is 2.22. The van der Waals surface area contributed by atoms with Crippen LogP contribution in [-0.2, 0) is 28.9 Å². The maximum atomic E-state index is 11.6. The third-order valence-electron chi connectivity index (χ3n) is 2.06. The van der Waals surface area contributed by atoms with Gasteiger partial charge in [-0.05, 0) is 0 Å². The molecule has 0 saturated carbocycles. The third-order valence-corrected chi connectivity index (χ3v) is 3.85. The first-order valence-electron chi connectivity index (χ1n) is 5.85. The Kier molecular flexibility index (Phi) is 8.51. The molecule has 21 heavy (non-hydrogen) atoms. The van der Waals surface area contributed by atoms with Gasteiger partial charge in [-0.1, -0.05) is 13.2 Å². The van der Waals surface area contributed by atoms with E-state index in [-0.39, 0.29) is 0 Å². The molecule has 0 aromatic heterocycles. The van der Waals surface area contributed by atoms with Crippen molar-refractivity contribution in [3.8, 4) is 0 Å². The minimum Gasteiger partial charge on any atom is -0.460 e. The summed E-state index contributed by atoms with van der Waals surface area (Å²) in [6.07, 6.45) is -1.11. The number of rotatable bonds is 10. The summed E-state index contributed by atoms with van der Waals surface area (Å²) >= 11 is 0.